The Hall–Kier alpha value is -0.800. The van der Waals surface area contributed by atoms with Crippen LogP contribution in [0.2, 0.25) is 0 Å². The van der Waals surface area contributed by atoms with E-state index >= 15 is 0 Å². The fourth-order valence-electron chi connectivity index (χ4n) is 2.58. The van der Waals surface area contributed by atoms with E-state index in [2.05, 4.69) is 37.2 Å². The van der Waals surface area contributed by atoms with Crippen molar-refractivity contribution >= 4 is 0 Å². The van der Waals surface area contributed by atoms with Crippen LogP contribution >= 0.6 is 0 Å². The highest BCUT2D eigenvalue weighted by atomic mass is 16.3. The predicted octanol–water partition coefficient (Wildman–Crippen LogP) is 3.26. The fraction of sp³-hybridized carbons (Fsp3) is 0.750. The maximum atomic E-state index is 5.64. The van der Waals surface area contributed by atoms with Crippen molar-refractivity contribution in [3.8, 4) is 0 Å². The van der Waals surface area contributed by atoms with Crippen molar-refractivity contribution in [2.24, 2.45) is 11.8 Å². The minimum Gasteiger partial charge on any atom is -0.468 e. The molecule has 0 spiro atoms. The van der Waals surface area contributed by atoms with Gasteiger partial charge in [0.05, 0.1) is 12.8 Å². The molecule has 1 aromatic heterocycles. The van der Waals surface area contributed by atoms with Gasteiger partial charge in [-0.3, -0.25) is 4.90 Å². The minimum absolute atomic E-state index is 0.691. The van der Waals surface area contributed by atoms with E-state index in [0.717, 1.165) is 31.3 Å². The topological polar surface area (TPSA) is 28.4 Å². The summed E-state index contributed by atoms with van der Waals surface area (Å²) >= 11 is 0. The number of hydrogen-bond donors (Lipinski definition) is 1. The van der Waals surface area contributed by atoms with Gasteiger partial charge in [0.2, 0.25) is 0 Å². The maximum Gasteiger partial charge on any atom is 0.122 e. The van der Waals surface area contributed by atoms with Crippen LogP contribution in [0.4, 0.5) is 0 Å². The van der Waals surface area contributed by atoms with Crippen LogP contribution < -0.4 is 5.32 Å². The van der Waals surface area contributed by atoms with E-state index in [1.54, 1.807) is 0 Å². The van der Waals surface area contributed by atoms with Crippen LogP contribution in [0.3, 0.4) is 0 Å². The van der Waals surface area contributed by atoms with Gasteiger partial charge in [0, 0.05) is 18.7 Å². The molecule has 3 nitrogen and oxygen atoms in total. The Kier molecular flexibility index (Phi) is 5.46. The lowest BCUT2D eigenvalue weighted by Gasteiger charge is -2.29. The Morgan fingerprint density at radius 3 is 2.84 bits per heavy atom. The lowest BCUT2D eigenvalue weighted by Crippen LogP contribution is -2.29. The molecule has 0 bridgehead atoms. The van der Waals surface area contributed by atoms with Gasteiger partial charge in [-0.25, -0.2) is 0 Å². The SMILES string of the molecule is CC(C)CNCc1ccoc1CN(C)CC1CCC1. The lowest BCUT2D eigenvalue weighted by molar-refractivity contribution is 0.190. The zero-order valence-electron chi connectivity index (χ0n) is 12.6. The molecule has 3 heteroatoms. The Bertz CT molecular complexity index is 369. The van der Waals surface area contributed by atoms with E-state index in [1.165, 1.54) is 31.4 Å². The third-order valence-electron chi connectivity index (χ3n) is 3.91. The summed E-state index contributed by atoms with van der Waals surface area (Å²) in [6.07, 6.45) is 6.05. The molecule has 0 amide bonds. The quantitative estimate of drug-likeness (QED) is 0.781. The van der Waals surface area contributed by atoms with Crippen molar-refractivity contribution < 1.29 is 4.42 Å². The summed E-state index contributed by atoms with van der Waals surface area (Å²) in [5, 5.41) is 3.49. The van der Waals surface area contributed by atoms with Crippen LogP contribution in [0.15, 0.2) is 16.7 Å². The van der Waals surface area contributed by atoms with Crippen LogP contribution in [0.1, 0.15) is 44.4 Å². The fourth-order valence-corrected chi connectivity index (χ4v) is 2.58. The summed E-state index contributed by atoms with van der Waals surface area (Å²) in [7, 11) is 2.20. The normalized spacial score (nSPS) is 16.3. The Morgan fingerprint density at radius 1 is 1.42 bits per heavy atom. The molecular formula is C16H28N2O. The summed E-state index contributed by atoms with van der Waals surface area (Å²) in [4.78, 5) is 2.40. The summed E-state index contributed by atoms with van der Waals surface area (Å²) in [6, 6.07) is 2.10. The van der Waals surface area contributed by atoms with Crippen LogP contribution in [-0.4, -0.2) is 25.0 Å². The number of nitrogens with zero attached hydrogens (tertiary/aromatic N) is 1. The van der Waals surface area contributed by atoms with Crippen molar-refractivity contribution in [2.75, 3.05) is 20.1 Å². The highest BCUT2D eigenvalue weighted by Gasteiger charge is 2.20. The standard InChI is InChI=1S/C16H28N2O/c1-13(2)9-17-10-15-7-8-19-16(15)12-18(3)11-14-5-4-6-14/h7-8,13-14,17H,4-6,9-12H2,1-3H3. The first-order valence-corrected chi connectivity index (χ1v) is 7.59. The van der Waals surface area contributed by atoms with Gasteiger partial charge in [0.1, 0.15) is 5.76 Å². The lowest BCUT2D eigenvalue weighted by atomic mass is 9.85. The third-order valence-corrected chi connectivity index (χ3v) is 3.91. The molecule has 0 radical (unpaired) electrons. The first kappa shape index (κ1) is 14.6. The second-order valence-corrected chi connectivity index (χ2v) is 6.39. The van der Waals surface area contributed by atoms with E-state index in [9.17, 15) is 0 Å². The highest BCUT2D eigenvalue weighted by Crippen LogP contribution is 2.27. The van der Waals surface area contributed by atoms with Crippen LogP contribution in [-0.2, 0) is 13.1 Å². The Balaban J connectivity index is 1.77. The molecule has 2 rings (SSSR count). The Morgan fingerprint density at radius 2 is 2.21 bits per heavy atom. The monoisotopic (exact) mass is 264 g/mol. The van der Waals surface area contributed by atoms with Crippen molar-refractivity contribution in [1.29, 1.82) is 0 Å². The molecule has 1 heterocycles. The molecule has 108 valence electrons. The number of nitrogens with one attached hydrogen (secondary N) is 1. The van der Waals surface area contributed by atoms with E-state index in [1.807, 2.05) is 6.26 Å². The summed E-state index contributed by atoms with van der Waals surface area (Å²) < 4.78 is 5.64. The molecule has 0 saturated heterocycles. The molecule has 0 unspecified atom stereocenters. The molecule has 1 aromatic rings. The number of hydrogen-bond acceptors (Lipinski definition) is 3. The molecule has 1 aliphatic carbocycles. The average molecular weight is 264 g/mol. The third kappa shape index (κ3) is 4.66. The molecular weight excluding hydrogens is 236 g/mol. The van der Waals surface area contributed by atoms with Crippen molar-refractivity contribution in [2.45, 2.75) is 46.2 Å². The molecule has 0 aliphatic heterocycles. The first-order chi connectivity index (χ1) is 9.15. The van der Waals surface area contributed by atoms with Gasteiger partial charge < -0.3 is 9.73 Å². The summed E-state index contributed by atoms with van der Waals surface area (Å²) in [6.45, 7) is 8.58. The zero-order chi connectivity index (χ0) is 13.7. The van der Waals surface area contributed by atoms with E-state index in [4.69, 9.17) is 4.42 Å². The molecule has 1 saturated carbocycles. The van der Waals surface area contributed by atoms with Gasteiger partial charge in [-0.2, -0.15) is 0 Å². The second-order valence-electron chi connectivity index (χ2n) is 6.39. The smallest absolute Gasteiger partial charge is 0.122 e. The molecule has 19 heavy (non-hydrogen) atoms. The molecule has 1 fully saturated rings. The van der Waals surface area contributed by atoms with Crippen molar-refractivity contribution in [3.63, 3.8) is 0 Å². The van der Waals surface area contributed by atoms with Gasteiger partial charge in [-0.15, -0.1) is 0 Å². The van der Waals surface area contributed by atoms with Crippen LogP contribution in [0.25, 0.3) is 0 Å². The van der Waals surface area contributed by atoms with E-state index in [-0.39, 0.29) is 0 Å². The van der Waals surface area contributed by atoms with E-state index < -0.39 is 0 Å². The first-order valence-electron chi connectivity index (χ1n) is 7.59. The van der Waals surface area contributed by atoms with Crippen LogP contribution in [0, 0.1) is 11.8 Å². The minimum atomic E-state index is 0.691. The summed E-state index contributed by atoms with van der Waals surface area (Å²) in [5.74, 6) is 2.73. The van der Waals surface area contributed by atoms with Gasteiger partial charge in [0.15, 0.2) is 0 Å². The van der Waals surface area contributed by atoms with Gasteiger partial charge in [0.25, 0.3) is 0 Å². The molecule has 1 N–H and O–H groups in total. The zero-order valence-corrected chi connectivity index (χ0v) is 12.6. The van der Waals surface area contributed by atoms with Crippen LogP contribution in [0.5, 0.6) is 0 Å². The molecule has 1 aliphatic rings. The number of furan rings is 1. The van der Waals surface area contributed by atoms with Crippen molar-refractivity contribution in [1.82, 2.24) is 10.2 Å². The highest BCUT2D eigenvalue weighted by molar-refractivity contribution is 5.16. The molecule has 0 atom stereocenters. The predicted molar refractivity (Wildman–Crippen MR) is 78.9 cm³/mol. The Labute approximate surface area is 117 Å². The summed E-state index contributed by atoms with van der Waals surface area (Å²) in [5.41, 5.74) is 1.31. The largest absolute Gasteiger partial charge is 0.468 e. The average Bonchev–Trinajstić information content (AvgIpc) is 2.71. The van der Waals surface area contributed by atoms with Gasteiger partial charge in [-0.05, 0) is 44.3 Å². The van der Waals surface area contributed by atoms with E-state index in [0.29, 0.717) is 5.92 Å². The maximum absolute atomic E-state index is 5.64. The van der Waals surface area contributed by atoms with Gasteiger partial charge in [-0.1, -0.05) is 20.3 Å². The van der Waals surface area contributed by atoms with Crippen molar-refractivity contribution in [3.05, 3.63) is 23.7 Å². The molecule has 0 aromatic carbocycles. The van der Waals surface area contributed by atoms with Gasteiger partial charge >= 0.3 is 0 Å². The number of rotatable bonds is 8. The second kappa shape index (κ2) is 7.11.